The lowest BCUT2D eigenvalue weighted by Gasteiger charge is -2.27. The van der Waals surface area contributed by atoms with E-state index in [0.29, 0.717) is 38.1 Å². The van der Waals surface area contributed by atoms with Crippen LogP contribution in [0.25, 0.3) is 0 Å². The molecule has 1 saturated heterocycles. The van der Waals surface area contributed by atoms with Crippen molar-refractivity contribution < 1.29 is 14.3 Å². The van der Waals surface area contributed by atoms with Crippen molar-refractivity contribution in [3.05, 3.63) is 47.7 Å². The minimum atomic E-state index is -0.0643. The van der Waals surface area contributed by atoms with Gasteiger partial charge in [-0.05, 0) is 19.4 Å². The molecule has 2 aromatic rings. The molecular formula is C20H26N4O3. The number of benzene rings is 1. The van der Waals surface area contributed by atoms with Gasteiger partial charge in [0.2, 0.25) is 11.8 Å². The fourth-order valence-electron chi connectivity index (χ4n) is 2.91. The first-order valence-corrected chi connectivity index (χ1v) is 9.28. The Morgan fingerprint density at radius 1 is 1.22 bits per heavy atom. The minimum Gasteiger partial charge on any atom is -0.467 e. The van der Waals surface area contributed by atoms with Crippen LogP contribution in [0.2, 0.25) is 0 Å². The van der Waals surface area contributed by atoms with Crippen molar-refractivity contribution in [2.75, 3.05) is 44.4 Å². The molecule has 7 nitrogen and oxygen atoms in total. The van der Waals surface area contributed by atoms with Crippen molar-refractivity contribution in [2.45, 2.75) is 20.4 Å². The van der Waals surface area contributed by atoms with E-state index in [9.17, 15) is 4.79 Å². The van der Waals surface area contributed by atoms with E-state index < -0.39 is 0 Å². The van der Waals surface area contributed by atoms with Crippen LogP contribution in [0.1, 0.15) is 18.2 Å². The largest absolute Gasteiger partial charge is 0.467 e. The van der Waals surface area contributed by atoms with Crippen molar-refractivity contribution in [3.63, 3.8) is 0 Å². The lowest BCUT2D eigenvalue weighted by molar-refractivity contribution is -0.133. The van der Waals surface area contributed by atoms with E-state index in [4.69, 9.17) is 9.47 Å². The molecule has 2 heterocycles. The summed E-state index contributed by atoms with van der Waals surface area (Å²) in [6.45, 7) is 7.85. The molecule has 7 heteroatoms. The summed E-state index contributed by atoms with van der Waals surface area (Å²) in [5.41, 5.74) is 1.91. The number of aryl methyl sites for hydroxylation is 1. The normalized spacial score (nSPS) is 14.1. The SMILES string of the molecule is CCN(Cc1ccccc1)C(=O)COc1cc(C)nc(N2CCOCC2)n1. The third kappa shape index (κ3) is 5.40. The van der Waals surface area contributed by atoms with Gasteiger partial charge in [-0.25, -0.2) is 4.98 Å². The zero-order valence-corrected chi connectivity index (χ0v) is 15.9. The van der Waals surface area contributed by atoms with Crippen molar-refractivity contribution in [1.29, 1.82) is 0 Å². The van der Waals surface area contributed by atoms with Crippen LogP contribution in [0, 0.1) is 6.92 Å². The molecule has 0 atom stereocenters. The molecular weight excluding hydrogens is 344 g/mol. The Hall–Kier alpha value is -2.67. The Bertz CT molecular complexity index is 748. The quantitative estimate of drug-likeness (QED) is 0.743. The van der Waals surface area contributed by atoms with Gasteiger partial charge in [0.15, 0.2) is 6.61 Å². The lowest BCUT2D eigenvalue weighted by atomic mass is 10.2. The molecule has 1 aromatic carbocycles. The highest BCUT2D eigenvalue weighted by molar-refractivity contribution is 5.77. The highest BCUT2D eigenvalue weighted by Crippen LogP contribution is 2.17. The molecule has 0 unspecified atom stereocenters. The third-order valence-electron chi connectivity index (χ3n) is 4.41. The number of likely N-dealkylation sites (N-methyl/N-ethyl adjacent to an activating group) is 1. The topological polar surface area (TPSA) is 67.8 Å². The van der Waals surface area contributed by atoms with E-state index >= 15 is 0 Å². The average Bonchev–Trinajstić information content (AvgIpc) is 2.71. The van der Waals surface area contributed by atoms with E-state index in [1.807, 2.05) is 44.2 Å². The zero-order valence-electron chi connectivity index (χ0n) is 15.9. The Morgan fingerprint density at radius 2 is 1.96 bits per heavy atom. The van der Waals surface area contributed by atoms with Gasteiger partial charge in [0, 0.05) is 37.9 Å². The molecule has 144 valence electrons. The van der Waals surface area contributed by atoms with Gasteiger partial charge in [0.05, 0.1) is 13.2 Å². The molecule has 0 bridgehead atoms. The number of hydrogen-bond donors (Lipinski definition) is 0. The lowest BCUT2D eigenvalue weighted by Crippen LogP contribution is -2.37. The van der Waals surface area contributed by atoms with E-state index in [1.54, 1.807) is 11.0 Å². The number of carbonyl (C=O) groups excluding carboxylic acids is 1. The summed E-state index contributed by atoms with van der Waals surface area (Å²) < 4.78 is 11.1. The number of morpholine rings is 1. The summed E-state index contributed by atoms with van der Waals surface area (Å²) in [7, 11) is 0. The maximum absolute atomic E-state index is 12.6. The van der Waals surface area contributed by atoms with Crippen molar-refractivity contribution in [2.24, 2.45) is 0 Å². The Balaban J connectivity index is 1.61. The number of ether oxygens (including phenoxy) is 2. The number of amides is 1. The molecule has 0 N–H and O–H groups in total. The molecule has 0 aliphatic carbocycles. The van der Waals surface area contributed by atoms with E-state index in [2.05, 4.69) is 14.9 Å². The van der Waals surface area contributed by atoms with Gasteiger partial charge in [-0.2, -0.15) is 4.98 Å². The van der Waals surface area contributed by atoms with Gasteiger partial charge >= 0.3 is 0 Å². The summed E-state index contributed by atoms with van der Waals surface area (Å²) >= 11 is 0. The van der Waals surface area contributed by atoms with Gasteiger partial charge in [-0.15, -0.1) is 0 Å². The van der Waals surface area contributed by atoms with Crippen molar-refractivity contribution >= 4 is 11.9 Å². The zero-order chi connectivity index (χ0) is 19.1. The van der Waals surface area contributed by atoms with Crippen LogP contribution >= 0.6 is 0 Å². The molecule has 1 aliphatic rings. The van der Waals surface area contributed by atoms with Crippen LogP contribution in [0.3, 0.4) is 0 Å². The fraction of sp³-hybridized carbons (Fsp3) is 0.450. The van der Waals surface area contributed by atoms with Gasteiger partial charge in [-0.1, -0.05) is 30.3 Å². The first-order chi connectivity index (χ1) is 13.2. The van der Waals surface area contributed by atoms with E-state index in [0.717, 1.165) is 24.3 Å². The van der Waals surface area contributed by atoms with Crippen LogP contribution < -0.4 is 9.64 Å². The number of nitrogens with zero attached hydrogens (tertiary/aromatic N) is 4. The standard InChI is InChI=1S/C20H26N4O3/c1-3-23(14-17-7-5-4-6-8-17)19(25)15-27-18-13-16(2)21-20(22-18)24-9-11-26-12-10-24/h4-8,13H,3,9-12,14-15H2,1-2H3. The highest BCUT2D eigenvalue weighted by Gasteiger charge is 2.17. The average molecular weight is 370 g/mol. The Morgan fingerprint density at radius 3 is 2.67 bits per heavy atom. The monoisotopic (exact) mass is 370 g/mol. The second-order valence-electron chi connectivity index (χ2n) is 6.43. The number of aromatic nitrogens is 2. The molecule has 0 saturated carbocycles. The number of anilines is 1. The van der Waals surface area contributed by atoms with Crippen molar-refractivity contribution in [1.82, 2.24) is 14.9 Å². The van der Waals surface area contributed by atoms with E-state index in [1.165, 1.54) is 0 Å². The van der Waals surface area contributed by atoms with Crippen LogP contribution in [0.4, 0.5) is 5.95 Å². The van der Waals surface area contributed by atoms with Crippen LogP contribution in [0.15, 0.2) is 36.4 Å². The molecule has 1 amide bonds. The third-order valence-corrected chi connectivity index (χ3v) is 4.41. The predicted molar refractivity (Wildman–Crippen MR) is 103 cm³/mol. The van der Waals surface area contributed by atoms with Gasteiger partial charge in [0.25, 0.3) is 5.91 Å². The van der Waals surface area contributed by atoms with Gasteiger partial charge < -0.3 is 19.3 Å². The second-order valence-corrected chi connectivity index (χ2v) is 6.43. The maximum atomic E-state index is 12.6. The predicted octanol–water partition coefficient (Wildman–Crippen LogP) is 2.05. The first-order valence-electron chi connectivity index (χ1n) is 9.28. The van der Waals surface area contributed by atoms with Gasteiger partial charge in [-0.3, -0.25) is 4.79 Å². The smallest absolute Gasteiger partial charge is 0.260 e. The Kier molecular flexibility index (Phi) is 6.59. The first kappa shape index (κ1) is 19.1. The second kappa shape index (κ2) is 9.32. The van der Waals surface area contributed by atoms with E-state index in [-0.39, 0.29) is 12.5 Å². The number of hydrogen-bond acceptors (Lipinski definition) is 6. The molecule has 0 radical (unpaired) electrons. The molecule has 3 rings (SSSR count). The van der Waals surface area contributed by atoms with Gasteiger partial charge in [0.1, 0.15) is 0 Å². The summed E-state index contributed by atoms with van der Waals surface area (Å²) in [4.78, 5) is 25.3. The number of rotatable bonds is 7. The summed E-state index contributed by atoms with van der Waals surface area (Å²) in [5.74, 6) is 0.982. The van der Waals surface area contributed by atoms with Crippen LogP contribution in [-0.2, 0) is 16.1 Å². The fourth-order valence-corrected chi connectivity index (χ4v) is 2.91. The minimum absolute atomic E-state index is 0.0420. The van der Waals surface area contributed by atoms with Crippen molar-refractivity contribution in [3.8, 4) is 5.88 Å². The summed E-state index contributed by atoms with van der Waals surface area (Å²) in [5, 5.41) is 0. The summed E-state index contributed by atoms with van der Waals surface area (Å²) in [6, 6.07) is 11.7. The summed E-state index contributed by atoms with van der Waals surface area (Å²) in [6.07, 6.45) is 0. The highest BCUT2D eigenvalue weighted by atomic mass is 16.5. The molecule has 1 fully saturated rings. The molecule has 1 aromatic heterocycles. The molecule has 27 heavy (non-hydrogen) atoms. The van der Waals surface area contributed by atoms with Crippen LogP contribution in [-0.4, -0.2) is 60.2 Å². The Labute approximate surface area is 159 Å². The molecule has 0 spiro atoms. The molecule has 1 aliphatic heterocycles. The maximum Gasteiger partial charge on any atom is 0.260 e. The van der Waals surface area contributed by atoms with Crippen LogP contribution in [0.5, 0.6) is 5.88 Å². The number of carbonyl (C=O) groups is 1.